The highest BCUT2D eigenvalue weighted by molar-refractivity contribution is 5.96. The minimum absolute atomic E-state index is 0.266. The molecule has 0 heterocycles. The molecule has 6 heteroatoms. The van der Waals surface area contributed by atoms with Gasteiger partial charge in [-0.25, -0.2) is 8.78 Å². The Balaban J connectivity index is 2.00. The number of amides is 2. The van der Waals surface area contributed by atoms with Crippen molar-refractivity contribution in [3.05, 3.63) is 70.8 Å². The fourth-order valence-corrected chi connectivity index (χ4v) is 3.20. The summed E-state index contributed by atoms with van der Waals surface area (Å²) in [5, 5.41) is 0. The zero-order valence-electron chi connectivity index (χ0n) is 12.8. The molecule has 0 saturated carbocycles. The van der Waals surface area contributed by atoms with E-state index in [9.17, 15) is 18.4 Å². The van der Waals surface area contributed by atoms with Crippen molar-refractivity contribution in [2.45, 2.75) is 18.9 Å². The molecule has 2 aromatic rings. The van der Waals surface area contributed by atoms with Gasteiger partial charge in [0.25, 0.3) is 5.91 Å². The number of primary amides is 1. The monoisotopic (exact) mass is 330 g/mol. The third-order valence-electron chi connectivity index (χ3n) is 4.18. The van der Waals surface area contributed by atoms with E-state index in [1.165, 1.54) is 11.0 Å². The van der Waals surface area contributed by atoms with Crippen molar-refractivity contribution in [1.82, 2.24) is 4.90 Å². The van der Waals surface area contributed by atoms with Crippen molar-refractivity contribution < 1.29 is 18.4 Å². The topological polar surface area (TPSA) is 63.4 Å². The maximum absolute atomic E-state index is 14.3. The molecular weight excluding hydrogens is 314 g/mol. The quantitative estimate of drug-likeness (QED) is 0.936. The molecule has 0 saturated heterocycles. The first-order chi connectivity index (χ1) is 11.5. The van der Waals surface area contributed by atoms with Crippen molar-refractivity contribution >= 4 is 11.8 Å². The molecule has 0 aromatic heterocycles. The van der Waals surface area contributed by atoms with Crippen LogP contribution in [0.4, 0.5) is 8.78 Å². The average Bonchev–Trinajstić information content (AvgIpc) is 2.96. The molecule has 0 aliphatic heterocycles. The van der Waals surface area contributed by atoms with Crippen molar-refractivity contribution in [3.8, 4) is 0 Å². The molecule has 2 aromatic carbocycles. The molecular formula is C18H16F2N2O2. The summed E-state index contributed by atoms with van der Waals surface area (Å²) in [6, 6.07) is 9.84. The maximum Gasteiger partial charge on any atom is 0.254 e. The number of nitrogens with zero attached hydrogens (tertiary/aromatic N) is 1. The highest BCUT2D eigenvalue weighted by Gasteiger charge is 2.35. The number of carbonyl (C=O) groups excluding carboxylic acids is 2. The second-order valence-corrected chi connectivity index (χ2v) is 5.78. The Labute approximate surface area is 137 Å². The third kappa shape index (κ3) is 2.99. The fourth-order valence-electron chi connectivity index (χ4n) is 3.20. The van der Waals surface area contributed by atoms with Gasteiger partial charge in [-0.3, -0.25) is 9.59 Å². The summed E-state index contributed by atoms with van der Waals surface area (Å²) in [5.41, 5.74) is 6.44. The van der Waals surface area contributed by atoms with Crippen LogP contribution in [0.15, 0.2) is 42.5 Å². The number of carbonyl (C=O) groups is 2. The number of nitrogens with two attached hydrogens (primary N) is 1. The third-order valence-corrected chi connectivity index (χ3v) is 4.18. The van der Waals surface area contributed by atoms with Crippen LogP contribution in [0.5, 0.6) is 0 Å². The lowest BCUT2D eigenvalue weighted by Gasteiger charge is -2.29. The van der Waals surface area contributed by atoms with Gasteiger partial charge < -0.3 is 10.6 Å². The van der Waals surface area contributed by atoms with Gasteiger partial charge in [0.2, 0.25) is 5.91 Å². The second kappa shape index (κ2) is 6.39. The summed E-state index contributed by atoms with van der Waals surface area (Å²) in [4.78, 5) is 25.5. The van der Waals surface area contributed by atoms with Crippen molar-refractivity contribution in [2.75, 3.05) is 6.54 Å². The summed E-state index contributed by atoms with van der Waals surface area (Å²) in [6.45, 7) is -0.325. The number of hydrogen-bond acceptors (Lipinski definition) is 2. The summed E-state index contributed by atoms with van der Waals surface area (Å²) in [6.07, 6.45) is 0.855. The predicted molar refractivity (Wildman–Crippen MR) is 84.1 cm³/mol. The molecule has 24 heavy (non-hydrogen) atoms. The van der Waals surface area contributed by atoms with Crippen LogP contribution in [-0.2, 0) is 11.2 Å². The van der Waals surface area contributed by atoms with Gasteiger partial charge in [-0.05, 0) is 36.6 Å². The zero-order valence-corrected chi connectivity index (χ0v) is 12.8. The van der Waals surface area contributed by atoms with Crippen LogP contribution in [0.2, 0.25) is 0 Å². The van der Waals surface area contributed by atoms with Gasteiger partial charge in [-0.1, -0.05) is 18.2 Å². The maximum atomic E-state index is 14.3. The molecule has 2 N–H and O–H groups in total. The molecule has 3 rings (SSSR count). The molecule has 1 atom stereocenters. The first-order valence-electron chi connectivity index (χ1n) is 7.59. The number of fused-ring (bicyclic) bond motifs is 1. The van der Waals surface area contributed by atoms with E-state index in [0.717, 1.165) is 6.07 Å². The Morgan fingerprint density at radius 3 is 2.54 bits per heavy atom. The molecule has 2 amide bonds. The Morgan fingerprint density at radius 1 is 1.17 bits per heavy atom. The molecule has 4 nitrogen and oxygen atoms in total. The van der Waals surface area contributed by atoms with Gasteiger partial charge in [0.05, 0.1) is 6.04 Å². The van der Waals surface area contributed by atoms with E-state index in [4.69, 9.17) is 5.73 Å². The standard InChI is InChI=1S/C18H16F2N2O2/c19-13-8-12-6-7-15(17(12)14(20)9-13)22(10-16(21)23)18(24)11-4-2-1-3-5-11/h1-5,8-9,15H,6-7,10H2,(H2,21,23). The van der Waals surface area contributed by atoms with Gasteiger partial charge in [0, 0.05) is 17.2 Å². The first kappa shape index (κ1) is 16.1. The van der Waals surface area contributed by atoms with Crippen LogP contribution >= 0.6 is 0 Å². The van der Waals surface area contributed by atoms with Gasteiger partial charge in [-0.2, -0.15) is 0 Å². The van der Waals surface area contributed by atoms with Gasteiger partial charge in [-0.15, -0.1) is 0 Å². The van der Waals surface area contributed by atoms with Crippen LogP contribution in [-0.4, -0.2) is 23.3 Å². The van der Waals surface area contributed by atoms with E-state index in [1.807, 2.05) is 0 Å². The van der Waals surface area contributed by atoms with E-state index in [1.54, 1.807) is 30.3 Å². The minimum Gasteiger partial charge on any atom is -0.368 e. The Morgan fingerprint density at radius 2 is 1.88 bits per heavy atom. The van der Waals surface area contributed by atoms with Crippen molar-refractivity contribution in [3.63, 3.8) is 0 Å². The fraction of sp³-hybridized carbons (Fsp3) is 0.222. The SMILES string of the molecule is NC(=O)CN(C(=O)c1ccccc1)C1CCc2cc(F)cc(F)c21. The van der Waals surface area contributed by atoms with E-state index >= 15 is 0 Å². The van der Waals surface area contributed by atoms with E-state index in [2.05, 4.69) is 0 Å². The highest BCUT2D eigenvalue weighted by Crippen LogP contribution is 2.38. The number of benzene rings is 2. The van der Waals surface area contributed by atoms with Crippen molar-refractivity contribution in [2.24, 2.45) is 5.73 Å². The molecule has 0 bridgehead atoms. The summed E-state index contributed by atoms with van der Waals surface area (Å²) < 4.78 is 27.7. The van der Waals surface area contributed by atoms with Crippen LogP contribution in [0, 0.1) is 11.6 Å². The van der Waals surface area contributed by atoms with Gasteiger partial charge in [0.15, 0.2) is 0 Å². The number of hydrogen-bond donors (Lipinski definition) is 1. The first-order valence-corrected chi connectivity index (χ1v) is 7.59. The number of halogens is 2. The Hall–Kier alpha value is -2.76. The minimum atomic E-state index is -0.706. The molecule has 0 fully saturated rings. The zero-order chi connectivity index (χ0) is 17.3. The van der Waals surface area contributed by atoms with E-state index in [-0.39, 0.29) is 12.1 Å². The second-order valence-electron chi connectivity index (χ2n) is 5.78. The molecule has 124 valence electrons. The van der Waals surface area contributed by atoms with Gasteiger partial charge in [0.1, 0.15) is 18.2 Å². The number of rotatable bonds is 4. The average molecular weight is 330 g/mol. The lowest BCUT2D eigenvalue weighted by molar-refractivity contribution is -0.119. The number of aryl methyl sites for hydroxylation is 1. The normalized spacial score (nSPS) is 15.8. The Bertz CT molecular complexity index is 793. The molecule has 0 radical (unpaired) electrons. The molecule has 1 aliphatic rings. The molecule has 0 spiro atoms. The van der Waals surface area contributed by atoms with Crippen LogP contribution in [0.1, 0.15) is 33.9 Å². The molecule has 1 aliphatic carbocycles. The van der Waals surface area contributed by atoms with Crippen LogP contribution in [0.25, 0.3) is 0 Å². The van der Waals surface area contributed by atoms with E-state index in [0.29, 0.717) is 24.0 Å². The lowest BCUT2D eigenvalue weighted by Crippen LogP contribution is -2.40. The van der Waals surface area contributed by atoms with Crippen molar-refractivity contribution in [1.29, 1.82) is 0 Å². The smallest absolute Gasteiger partial charge is 0.254 e. The van der Waals surface area contributed by atoms with E-state index < -0.39 is 29.5 Å². The summed E-state index contributed by atoms with van der Waals surface area (Å²) in [5.74, 6) is -2.45. The highest BCUT2D eigenvalue weighted by atomic mass is 19.1. The largest absolute Gasteiger partial charge is 0.368 e. The summed E-state index contributed by atoms with van der Waals surface area (Å²) >= 11 is 0. The van der Waals surface area contributed by atoms with Crippen LogP contribution in [0.3, 0.4) is 0 Å². The lowest BCUT2D eigenvalue weighted by atomic mass is 10.0. The van der Waals surface area contributed by atoms with Gasteiger partial charge >= 0.3 is 0 Å². The molecule has 1 unspecified atom stereocenters. The van der Waals surface area contributed by atoms with Crippen LogP contribution < -0.4 is 5.73 Å². The Kier molecular flexibility index (Phi) is 4.29. The predicted octanol–water partition coefficient (Wildman–Crippen LogP) is 2.58. The summed E-state index contributed by atoms with van der Waals surface area (Å²) in [7, 11) is 0.